The van der Waals surface area contributed by atoms with E-state index in [-0.39, 0.29) is 18.4 Å². The lowest BCUT2D eigenvalue weighted by Crippen LogP contribution is -2.48. The minimum absolute atomic E-state index is 0.147. The number of para-hydroxylation sites is 1. The molecule has 2 aromatic rings. The highest BCUT2D eigenvalue weighted by atomic mass is 19.1. The fraction of sp³-hybridized carbons (Fsp3) is 0.464. The highest BCUT2D eigenvalue weighted by Crippen LogP contribution is 2.23. The van der Waals surface area contributed by atoms with Crippen LogP contribution in [0.15, 0.2) is 42.5 Å². The number of hydrogen-bond donors (Lipinski definition) is 0. The zero-order valence-electron chi connectivity index (χ0n) is 21.7. The van der Waals surface area contributed by atoms with Gasteiger partial charge in [-0.3, -0.25) is 14.4 Å². The maximum absolute atomic E-state index is 14.0. The van der Waals surface area contributed by atoms with E-state index in [1.165, 1.54) is 22.9 Å². The van der Waals surface area contributed by atoms with Crippen molar-refractivity contribution in [3.8, 4) is 5.75 Å². The predicted molar refractivity (Wildman–Crippen MR) is 136 cm³/mol. The summed E-state index contributed by atoms with van der Waals surface area (Å²) in [5.41, 5.74) is -0.176. The molecule has 9 heteroatoms. The van der Waals surface area contributed by atoms with Crippen molar-refractivity contribution in [3.63, 3.8) is 0 Å². The third-order valence-electron chi connectivity index (χ3n) is 6.71. The highest BCUT2D eigenvalue weighted by molar-refractivity contribution is 5.99. The Hall–Kier alpha value is -3.49. The van der Waals surface area contributed by atoms with Crippen LogP contribution in [0.3, 0.4) is 0 Å². The van der Waals surface area contributed by atoms with Crippen LogP contribution in [0.2, 0.25) is 0 Å². The molecule has 7 nitrogen and oxygen atoms in total. The first-order valence-electron chi connectivity index (χ1n) is 12.7. The molecule has 2 aromatic carbocycles. The molecule has 0 unspecified atom stereocenters. The molecule has 1 aliphatic rings. The monoisotopic (exact) mass is 515 g/mol. The molecule has 1 atom stereocenters. The summed E-state index contributed by atoms with van der Waals surface area (Å²) in [6.45, 7) is 1.32. The van der Waals surface area contributed by atoms with Crippen LogP contribution in [-0.4, -0.2) is 79.3 Å². The summed E-state index contributed by atoms with van der Waals surface area (Å²) in [7, 11) is 4.84. The molecule has 0 aromatic heterocycles. The van der Waals surface area contributed by atoms with Crippen LogP contribution in [0.25, 0.3) is 0 Å². The number of ether oxygens (including phenoxy) is 1. The molecule has 0 saturated heterocycles. The molecule has 1 heterocycles. The summed E-state index contributed by atoms with van der Waals surface area (Å²) in [6.07, 6.45) is 3.95. The molecule has 3 rings (SSSR count). The van der Waals surface area contributed by atoms with Gasteiger partial charge in [-0.05, 0) is 62.8 Å². The Kier molecular flexibility index (Phi) is 10.00. The van der Waals surface area contributed by atoms with Crippen LogP contribution in [0, 0.1) is 11.6 Å². The lowest BCUT2D eigenvalue weighted by Gasteiger charge is -2.31. The molecule has 0 fully saturated rings. The smallest absolute Gasteiger partial charge is 0.259 e. The van der Waals surface area contributed by atoms with Gasteiger partial charge in [0.1, 0.15) is 29.0 Å². The van der Waals surface area contributed by atoms with Gasteiger partial charge in [0.05, 0.1) is 12.2 Å². The third-order valence-corrected chi connectivity index (χ3v) is 6.71. The van der Waals surface area contributed by atoms with E-state index in [0.717, 1.165) is 31.4 Å². The highest BCUT2D eigenvalue weighted by Gasteiger charge is 2.31. The van der Waals surface area contributed by atoms with Gasteiger partial charge >= 0.3 is 0 Å². The van der Waals surface area contributed by atoms with Gasteiger partial charge < -0.3 is 19.4 Å². The van der Waals surface area contributed by atoms with Crippen LogP contribution in [0.1, 0.15) is 59.2 Å². The lowest BCUT2D eigenvalue weighted by atomic mass is 10.0. The summed E-state index contributed by atoms with van der Waals surface area (Å²) >= 11 is 0. The second-order valence-electron chi connectivity index (χ2n) is 9.42. The van der Waals surface area contributed by atoms with Gasteiger partial charge in [-0.25, -0.2) is 8.78 Å². The van der Waals surface area contributed by atoms with E-state index in [4.69, 9.17) is 4.74 Å². The number of halogens is 2. The van der Waals surface area contributed by atoms with Crippen LogP contribution < -0.4 is 4.74 Å². The van der Waals surface area contributed by atoms with Crippen molar-refractivity contribution in [1.29, 1.82) is 0 Å². The van der Waals surface area contributed by atoms with Gasteiger partial charge in [0.2, 0.25) is 5.91 Å². The number of amides is 3. The second kappa shape index (κ2) is 13.2. The SMILES string of the molecule is CN(CCCC[C@H]1C(=O)N(C)CCCCCOc2ccccc2C(=O)N1C)C(=O)c1c(F)cccc1F. The predicted octanol–water partition coefficient (Wildman–Crippen LogP) is 4.37. The maximum Gasteiger partial charge on any atom is 0.259 e. The number of unbranched alkanes of at least 4 members (excludes halogenated alkanes) is 1. The molecule has 0 saturated carbocycles. The number of nitrogens with zero attached hydrogens (tertiary/aromatic N) is 3. The molecule has 37 heavy (non-hydrogen) atoms. The molecule has 0 radical (unpaired) electrons. The quantitative estimate of drug-likeness (QED) is 0.536. The summed E-state index contributed by atoms with van der Waals surface area (Å²) in [6, 6.07) is 9.64. The van der Waals surface area contributed by atoms with Gasteiger partial charge in [-0.1, -0.05) is 18.2 Å². The van der Waals surface area contributed by atoms with Gasteiger partial charge in [0.15, 0.2) is 0 Å². The fourth-order valence-electron chi connectivity index (χ4n) is 4.44. The van der Waals surface area contributed by atoms with Crippen molar-refractivity contribution in [1.82, 2.24) is 14.7 Å². The standard InChI is InChI=1S/C28H35F2N3O4/c1-31-17-8-4-10-19-37-24-16-6-5-12-20(24)26(34)33(3)23(27(31)35)15-7-9-18-32(2)28(36)25-21(29)13-11-14-22(25)30/h5-6,11-14,16,23H,4,7-10,15,17-19H2,1-3H3/t23-/m0/s1. The average molecular weight is 516 g/mol. The zero-order valence-corrected chi connectivity index (χ0v) is 21.7. The molecule has 0 N–H and O–H groups in total. The van der Waals surface area contributed by atoms with E-state index < -0.39 is 29.1 Å². The minimum Gasteiger partial charge on any atom is -0.493 e. The van der Waals surface area contributed by atoms with Crippen molar-refractivity contribution in [3.05, 3.63) is 65.2 Å². The largest absolute Gasteiger partial charge is 0.493 e. The number of fused-ring (bicyclic) bond motifs is 1. The Balaban J connectivity index is 1.70. The van der Waals surface area contributed by atoms with Gasteiger partial charge in [-0.15, -0.1) is 0 Å². The Morgan fingerprint density at radius 1 is 1.00 bits per heavy atom. The Morgan fingerprint density at radius 2 is 1.70 bits per heavy atom. The molecule has 1 aliphatic heterocycles. The van der Waals surface area contributed by atoms with E-state index in [9.17, 15) is 23.2 Å². The summed E-state index contributed by atoms with van der Waals surface area (Å²) in [4.78, 5) is 43.7. The van der Waals surface area contributed by atoms with Crippen molar-refractivity contribution in [2.75, 3.05) is 40.8 Å². The molecule has 0 aliphatic carbocycles. The molecule has 3 amide bonds. The number of carbonyl (C=O) groups excluding carboxylic acids is 3. The van der Waals surface area contributed by atoms with E-state index in [2.05, 4.69) is 0 Å². The number of rotatable bonds is 6. The van der Waals surface area contributed by atoms with E-state index >= 15 is 0 Å². The molecule has 0 bridgehead atoms. The zero-order chi connectivity index (χ0) is 26.9. The molecule has 200 valence electrons. The van der Waals surface area contributed by atoms with Gasteiger partial charge in [-0.2, -0.15) is 0 Å². The topological polar surface area (TPSA) is 70.2 Å². The number of likely N-dealkylation sites (N-methyl/N-ethyl adjacent to an activating group) is 2. The van der Waals surface area contributed by atoms with Crippen molar-refractivity contribution in [2.45, 2.75) is 44.6 Å². The Morgan fingerprint density at radius 3 is 2.43 bits per heavy atom. The summed E-state index contributed by atoms with van der Waals surface area (Å²) in [5.74, 6) is -2.50. The first-order chi connectivity index (χ1) is 17.7. The second-order valence-corrected chi connectivity index (χ2v) is 9.42. The Labute approximate surface area is 217 Å². The minimum atomic E-state index is -0.904. The first-order valence-corrected chi connectivity index (χ1v) is 12.7. The molecular weight excluding hydrogens is 480 g/mol. The maximum atomic E-state index is 14.0. The van der Waals surface area contributed by atoms with Crippen LogP contribution in [0.5, 0.6) is 5.75 Å². The Bertz CT molecular complexity index is 1090. The van der Waals surface area contributed by atoms with E-state index in [0.29, 0.717) is 43.7 Å². The van der Waals surface area contributed by atoms with Crippen molar-refractivity contribution in [2.24, 2.45) is 0 Å². The summed E-state index contributed by atoms with van der Waals surface area (Å²) in [5, 5.41) is 0. The number of benzene rings is 2. The summed E-state index contributed by atoms with van der Waals surface area (Å²) < 4.78 is 33.9. The molecular formula is C28H35F2N3O4. The van der Waals surface area contributed by atoms with E-state index in [1.807, 2.05) is 6.07 Å². The normalized spacial score (nSPS) is 17.3. The number of hydrogen-bond acceptors (Lipinski definition) is 4. The van der Waals surface area contributed by atoms with Crippen LogP contribution in [0.4, 0.5) is 8.78 Å². The van der Waals surface area contributed by atoms with Crippen molar-refractivity contribution >= 4 is 17.7 Å². The van der Waals surface area contributed by atoms with E-state index in [1.54, 1.807) is 37.2 Å². The van der Waals surface area contributed by atoms with Gasteiger partial charge in [0, 0.05) is 34.2 Å². The molecule has 0 spiro atoms. The average Bonchev–Trinajstić information content (AvgIpc) is 2.89. The third kappa shape index (κ3) is 7.05. The number of carbonyl (C=O) groups is 3. The van der Waals surface area contributed by atoms with Crippen LogP contribution in [-0.2, 0) is 4.79 Å². The van der Waals surface area contributed by atoms with Gasteiger partial charge in [0.25, 0.3) is 11.8 Å². The van der Waals surface area contributed by atoms with Crippen molar-refractivity contribution < 1.29 is 27.9 Å². The van der Waals surface area contributed by atoms with Crippen LogP contribution >= 0.6 is 0 Å². The first kappa shape index (κ1) is 28.1. The lowest BCUT2D eigenvalue weighted by molar-refractivity contribution is -0.134. The fourth-order valence-corrected chi connectivity index (χ4v) is 4.44.